The van der Waals surface area contributed by atoms with E-state index >= 15 is 0 Å². The highest BCUT2D eigenvalue weighted by atomic mass is 79.9. The highest BCUT2D eigenvalue weighted by Crippen LogP contribution is 2.22. The van der Waals surface area contributed by atoms with Gasteiger partial charge in [-0.25, -0.2) is 4.98 Å². The van der Waals surface area contributed by atoms with E-state index in [4.69, 9.17) is 5.73 Å². The van der Waals surface area contributed by atoms with Crippen LogP contribution in [0.1, 0.15) is 25.8 Å². The zero-order valence-corrected chi connectivity index (χ0v) is 11.8. The van der Waals surface area contributed by atoms with E-state index in [1.165, 1.54) is 5.56 Å². The van der Waals surface area contributed by atoms with Crippen molar-refractivity contribution in [3.05, 3.63) is 22.3 Å². The summed E-state index contributed by atoms with van der Waals surface area (Å²) in [6.07, 6.45) is 2.84. The molecule has 0 unspecified atom stereocenters. The first-order valence-corrected chi connectivity index (χ1v) is 6.44. The molecule has 0 atom stereocenters. The minimum absolute atomic E-state index is 0.443. The van der Waals surface area contributed by atoms with Crippen LogP contribution in [0.4, 0.5) is 5.82 Å². The fraction of sp³-hybridized carbons (Fsp3) is 0.583. The number of hydrogen-bond acceptors (Lipinski definition) is 3. The highest BCUT2D eigenvalue weighted by Gasteiger charge is 2.13. The predicted octanol–water partition coefficient (Wildman–Crippen LogP) is 2.72. The van der Waals surface area contributed by atoms with Gasteiger partial charge < -0.3 is 10.6 Å². The van der Waals surface area contributed by atoms with Crippen molar-refractivity contribution in [2.75, 3.05) is 18.0 Å². The number of hydrogen-bond donors (Lipinski definition) is 1. The molecule has 0 bridgehead atoms. The van der Waals surface area contributed by atoms with E-state index in [0.29, 0.717) is 6.04 Å². The van der Waals surface area contributed by atoms with Crippen molar-refractivity contribution in [1.29, 1.82) is 0 Å². The van der Waals surface area contributed by atoms with Gasteiger partial charge in [-0.05, 0) is 61.3 Å². The Bertz CT molecular complexity index is 339. The minimum Gasteiger partial charge on any atom is -0.354 e. The normalized spacial score (nSPS) is 10.9. The standard InChI is InChI=1S/C12H20BrN3/c1-9(2)16(6-4-5-14)12-10(3)7-11(13)8-15-12/h7-9H,4-6,14H2,1-3H3. The van der Waals surface area contributed by atoms with Crippen molar-refractivity contribution < 1.29 is 0 Å². The lowest BCUT2D eigenvalue weighted by Crippen LogP contribution is -2.34. The quantitative estimate of drug-likeness (QED) is 0.905. The van der Waals surface area contributed by atoms with Crippen molar-refractivity contribution in [3.8, 4) is 0 Å². The van der Waals surface area contributed by atoms with Crippen LogP contribution in [0.5, 0.6) is 0 Å². The molecule has 0 spiro atoms. The number of pyridine rings is 1. The van der Waals surface area contributed by atoms with Gasteiger partial charge >= 0.3 is 0 Å². The van der Waals surface area contributed by atoms with Gasteiger partial charge in [0.25, 0.3) is 0 Å². The molecule has 90 valence electrons. The average Bonchev–Trinajstić information content (AvgIpc) is 2.20. The summed E-state index contributed by atoms with van der Waals surface area (Å²) in [4.78, 5) is 6.79. The smallest absolute Gasteiger partial charge is 0.131 e. The second kappa shape index (κ2) is 6.21. The number of aromatic nitrogens is 1. The first kappa shape index (κ1) is 13.5. The molecule has 1 heterocycles. The summed E-state index contributed by atoms with van der Waals surface area (Å²) in [5, 5.41) is 0. The Balaban J connectivity index is 2.92. The molecule has 1 aromatic heterocycles. The Morgan fingerprint density at radius 2 is 2.19 bits per heavy atom. The van der Waals surface area contributed by atoms with E-state index in [0.717, 1.165) is 29.8 Å². The van der Waals surface area contributed by atoms with Gasteiger partial charge in [0.2, 0.25) is 0 Å². The molecule has 0 aliphatic rings. The molecule has 0 amide bonds. The third-order valence-electron chi connectivity index (χ3n) is 2.52. The van der Waals surface area contributed by atoms with Crippen molar-refractivity contribution in [2.45, 2.75) is 33.2 Å². The van der Waals surface area contributed by atoms with Crippen LogP contribution in [-0.4, -0.2) is 24.1 Å². The lowest BCUT2D eigenvalue weighted by Gasteiger charge is -2.29. The van der Waals surface area contributed by atoms with E-state index in [1.54, 1.807) is 0 Å². The lowest BCUT2D eigenvalue weighted by molar-refractivity contribution is 0.647. The van der Waals surface area contributed by atoms with Crippen LogP contribution in [0.15, 0.2) is 16.7 Å². The molecule has 0 radical (unpaired) electrons. The molecule has 0 aliphatic carbocycles. The predicted molar refractivity (Wildman–Crippen MR) is 72.8 cm³/mol. The number of anilines is 1. The first-order valence-electron chi connectivity index (χ1n) is 5.65. The van der Waals surface area contributed by atoms with Crippen molar-refractivity contribution in [2.24, 2.45) is 5.73 Å². The SMILES string of the molecule is Cc1cc(Br)cnc1N(CCCN)C(C)C. The molecular weight excluding hydrogens is 266 g/mol. The molecule has 1 aromatic rings. The fourth-order valence-electron chi connectivity index (χ4n) is 1.70. The van der Waals surface area contributed by atoms with Gasteiger partial charge in [0.1, 0.15) is 5.82 Å². The molecule has 0 saturated heterocycles. The van der Waals surface area contributed by atoms with Gasteiger partial charge in [0.05, 0.1) is 0 Å². The zero-order chi connectivity index (χ0) is 12.1. The summed E-state index contributed by atoms with van der Waals surface area (Å²) in [6.45, 7) is 8.13. The average molecular weight is 286 g/mol. The van der Waals surface area contributed by atoms with Crippen LogP contribution in [0.25, 0.3) is 0 Å². The second-order valence-electron chi connectivity index (χ2n) is 4.22. The zero-order valence-electron chi connectivity index (χ0n) is 10.2. The van der Waals surface area contributed by atoms with Crippen molar-refractivity contribution in [1.82, 2.24) is 4.98 Å². The number of nitrogens with zero attached hydrogens (tertiary/aromatic N) is 2. The monoisotopic (exact) mass is 285 g/mol. The molecule has 0 aliphatic heterocycles. The Labute approximate surface area is 106 Å². The molecule has 0 fully saturated rings. The van der Waals surface area contributed by atoms with Gasteiger partial charge in [-0.3, -0.25) is 0 Å². The first-order chi connectivity index (χ1) is 7.56. The third kappa shape index (κ3) is 3.46. The van der Waals surface area contributed by atoms with Crippen molar-refractivity contribution >= 4 is 21.7 Å². The van der Waals surface area contributed by atoms with Crippen LogP contribution in [0.2, 0.25) is 0 Å². The molecule has 1 rings (SSSR count). The van der Waals surface area contributed by atoms with Crippen LogP contribution in [-0.2, 0) is 0 Å². The molecular formula is C12H20BrN3. The molecule has 0 aromatic carbocycles. The number of halogens is 1. The van der Waals surface area contributed by atoms with Crippen LogP contribution >= 0.6 is 15.9 Å². The molecule has 2 N–H and O–H groups in total. The molecule has 0 saturated carbocycles. The fourth-order valence-corrected chi connectivity index (χ4v) is 2.15. The van der Waals surface area contributed by atoms with Crippen LogP contribution < -0.4 is 10.6 Å². The summed E-state index contributed by atoms with van der Waals surface area (Å²) in [7, 11) is 0. The summed E-state index contributed by atoms with van der Waals surface area (Å²) in [5.74, 6) is 1.06. The third-order valence-corrected chi connectivity index (χ3v) is 2.95. The molecule has 3 nitrogen and oxygen atoms in total. The summed E-state index contributed by atoms with van der Waals surface area (Å²) in [5.41, 5.74) is 6.76. The van der Waals surface area contributed by atoms with Gasteiger partial charge in [-0.15, -0.1) is 0 Å². The Morgan fingerprint density at radius 1 is 1.50 bits per heavy atom. The van der Waals surface area contributed by atoms with Gasteiger partial charge in [0, 0.05) is 23.3 Å². The topological polar surface area (TPSA) is 42.2 Å². The summed E-state index contributed by atoms with van der Waals surface area (Å²) in [6, 6.07) is 2.54. The maximum Gasteiger partial charge on any atom is 0.131 e. The maximum atomic E-state index is 5.56. The van der Waals surface area contributed by atoms with Gasteiger partial charge in [-0.1, -0.05) is 0 Å². The largest absolute Gasteiger partial charge is 0.354 e. The van der Waals surface area contributed by atoms with Crippen LogP contribution in [0.3, 0.4) is 0 Å². The number of aryl methyl sites for hydroxylation is 1. The van der Waals surface area contributed by atoms with E-state index in [1.807, 2.05) is 6.20 Å². The van der Waals surface area contributed by atoms with E-state index < -0.39 is 0 Å². The Hall–Kier alpha value is -0.610. The molecule has 4 heteroatoms. The summed E-state index contributed by atoms with van der Waals surface area (Å²) >= 11 is 3.43. The van der Waals surface area contributed by atoms with Gasteiger partial charge in [-0.2, -0.15) is 0 Å². The number of nitrogens with two attached hydrogens (primary N) is 1. The van der Waals surface area contributed by atoms with Crippen LogP contribution in [0, 0.1) is 6.92 Å². The molecule has 16 heavy (non-hydrogen) atoms. The second-order valence-corrected chi connectivity index (χ2v) is 5.14. The Morgan fingerprint density at radius 3 is 2.69 bits per heavy atom. The lowest BCUT2D eigenvalue weighted by atomic mass is 10.2. The highest BCUT2D eigenvalue weighted by molar-refractivity contribution is 9.10. The summed E-state index contributed by atoms with van der Waals surface area (Å²) < 4.78 is 1.02. The maximum absolute atomic E-state index is 5.56. The Kier molecular flexibility index (Phi) is 5.22. The van der Waals surface area contributed by atoms with E-state index in [9.17, 15) is 0 Å². The van der Waals surface area contributed by atoms with E-state index in [2.05, 4.69) is 52.7 Å². The van der Waals surface area contributed by atoms with Crippen molar-refractivity contribution in [3.63, 3.8) is 0 Å². The number of rotatable bonds is 5. The van der Waals surface area contributed by atoms with Gasteiger partial charge in [0.15, 0.2) is 0 Å². The minimum atomic E-state index is 0.443. The van der Waals surface area contributed by atoms with E-state index in [-0.39, 0.29) is 0 Å².